The molecule has 0 amide bonds. The molecule has 3 heterocycles. The standard InChI is InChI=1S/C61H42N6/c1-6-17-43(18-7-1)47-29-31-54(32-30-47)67(56-39-52(45-21-10-3-11-22-45)38-53(40-56)46-23-12-4-13-24-46)55-34-36-63-58(42-55)57-41-51(33-35-62-57)61-65-59(48-25-14-5-15-26-48)64-60(66-61)50-28-16-27-49(37-50)44-19-8-2-9-20-44/h1-42H. The maximum absolute atomic E-state index is 5.11. The third-order valence-corrected chi connectivity index (χ3v) is 11.8. The zero-order chi connectivity index (χ0) is 44.8. The Morgan fingerprint density at radius 1 is 0.224 bits per heavy atom. The molecular weight excluding hydrogens is 817 g/mol. The smallest absolute Gasteiger partial charge is 0.164 e. The summed E-state index contributed by atoms with van der Waals surface area (Å²) in [5.74, 6) is 1.72. The number of anilines is 3. The van der Waals surface area contributed by atoms with Crippen molar-refractivity contribution < 1.29 is 0 Å². The number of benzene rings is 8. The van der Waals surface area contributed by atoms with Crippen LogP contribution in [0.1, 0.15) is 0 Å². The van der Waals surface area contributed by atoms with Crippen LogP contribution < -0.4 is 4.90 Å². The third-order valence-electron chi connectivity index (χ3n) is 11.8. The number of rotatable bonds is 11. The lowest BCUT2D eigenvalue weighted by atomic mass is 9.97. The molecule has 67 heavy (non-hydrogen) atoms. The molecule has 0 saturated heterocycles. The molecule has 6 heteroatoms. The van der Waals surface area contributed by atoms with Crippen LogP contribution in [0.3, 0.4) is 0 Å². The number of nitrogens with zero attached hydrogens (tertiary/aromatic N) is 6. The highest BCUT2D eigenvalue weighted by atomic mass is 15.1. The fourth-order valence-corrected chi connectivity index (χ4v) is 8.44. The van der Waals surface area contributed by atoms with Crippen molar-refractivity contribution >= 4 is 17.1 Å². The van der Waals surface area contributed by atoms with Gasteiger partial charge in [-0.05, 0) is 105 Å². The molecule has 8 aromatic carbocycles. The van der Waals surface area contributed by atoms with E-state index in [-0.39, 0.29) is 0 Å². The minimum Gasteiger partial charge on any atom is -0.310 e. The van der Waals surface area contributed by atoms with Gasteiger partial charge in [0.15, 0.2) is 17.5 Å². The summed E-state index contributed by atoms with van der Waals surface area (Å²) in [5.41, 5.74) is 16.0. The maximum atomic E-state index is 5.11. The van der Waals surface area contributed by atoms with Gasteiger partial charge < -0.3 is 4.90 Å². The predicted molar refractivity (Wildman–Crippen MR) is 274 cm³/mol. The van der Waals surface area contributed by atoms with Crippen molar-refractivity contribution in [3.63, 3.8) is 0 Å². The third kappa shape index (κ3) is 8.88. The van der Waals surface area contributed by atoms with E-state index in [1.807, 2.05) is 85.1 Å². The maximum Gasteiger partial charge on any atom is 0.164 e. The molecule has 0 atom stereocenters. The van der Waals surface area contributed by atoms with Crippen LogP contribution in [0.15, 0.2) is 255 Å². The SMILES string of the molecule is c1ccc(-c2ccc(N(c3cc(-c4ccccc4)cc(-c4ccccc4)c3)c3ccnc(-c4cc(-c5nc(-c6ccccc6)nc(-c6cccc(-c7ccccc7)c6)n5)ccn4)c3)cc2)cc1. The van der Waals surface area contributed by atoms with Gasteiger partial charge in [-0.25, -0.2) is 15.0 Å². The topological polar surface area (TPSA) is 67.7 Å². The Morgan fingerprint density at radius 3 is 1.16 bits per heavy atom. The van der Waals surface area contributed by atoms with Crippen LogP contribution in [0, 0.1) is 0 Å². The summed E-state index contributed by atoms with van der Waals surface area (Å²) in [5, 5.41) is 0. The van der Waals surface area contributed by atoms with Crippen LogP contribution in [0.4, 0.5) is 17.1 Å². The molecule has 0 aliphatic rings. The lowest BCUT2D eigenvalue weighted by molar-refractivity contribution is 1.07. The fourth-order valence-electron chi connectivity index (χ4n) is 8.44. The lowest BCUT2D eigenvalue weighted by Gasteiger charge is -2.27. The van der Waals surface area contributed by atoms with Crippen molar-refractivity contribution in [2.24, 2.45) is 0 Å². The summed E-state index contributed by atoms with van der Waals surface area (Å²) < 4.78 is 0. The van der Waals surface area contributed by atoms with Gasteiger partial charge in [0, 0.05) is 46.1 Å². The molecule has 0 saturated carbocycles. The molecule has 0 unspecified atom stereocenters. The van der Waals surface area contributed by atoms with Crippen LogP contribution in [0.25, 0.3) is 90.1 Å². The van der Waals surface area contributed by atoms with Crippen LogP contribution in [0.2, 0.25) is 0 Å². The first-order chi connectivity index (χ1) is 33.2. The van der Waals surface area contributed by atoms with Gasteiger partial charge >= 0.3 is 0 Å². The van der Waals surface area contributed by atoms with Crippen LogP contribution in [-0.4, -0.2) is 24.9 Å². The highest BCUT2D eigenvalue weighted by Gasteiger charge is 2.19. The molecule has 11 rings (SSSR count). The van der Waals surface area contributed by atoms with Gasteiger partial charge in [-0.1, -0.05) is 182 Å². The quantitative estimate of drug-likeness (QED) is 0.129. The average Bonchev–Trinajstić information content (AvgIpc) is 3.42. The first kappa shape index (κ1) is 40.6. The van der Waals surface area contributed by atoms with E-state index >= 15 is 0 Å². The summed E-state index contributed by atoms with van der Waals surface area (Å²) in [7, 11) is 0. The summed E-state index contributed by atoms with van der Waals surface area (Å²) in [6.45, 7) is 0. The van der Waals surface area contributed by atoms with Crippen LogP contribution in [0.5, 0.6) is 0 Å². The van der Waals surface area contributed by atoms with Gasteiger partial charge in [-0.2, -0.15) is 0 Å². The Labute approximate surface area is 390 Å². The number of hydrogen-bond donors (Lipinski definition) is 0. The van der Waals surface area contributed by atoms with Crippen molar-refractivity contribution in [2.75, 3.05) is 4.90 Å². The van der Waals surface area contributed by atoms with E-state index < -0.39 is 0 Å². The fraction of sp³-hybridized carbons (Fsp3) is 0. The van der Waals surface area contributed by atoms with Crippen molar-refractivity contribution in [3.8, 4) is 90.1 Å². The Bertz CT molecular complexity index is 3380. The molecule has 0 fully saturated rings. The zero-order valence-corrected chi connectivity index (χ0v) is 36.4. The van der Waals surface area contributed by atoms with E-state index in [4.69, 9.17) is 24.9 Å². The molecule has 0 spiro atoms. The first-order valence-corrected chi connectivity index (χ1v) is 22.3. The Balaban J connectivity index is 1.03. The number of aromatic nitrogens is 5. The summed E-state index contributed by atoms with van der Waals surface area (Å²) in [6.07, 6.45) is 3.66. The summed E-state index contributed by atoms with van der Waals surface area (Å²) >= 11 is 0. The van der Waals surface area contributed by atoms with Gasteiger partial charge in [-0.15, -0.1) is 0 Å². The van der Waals surface area contributed by atoms with Crippen molar-refractivity contribution in [3.05, 3.63) is 255 Å². The Kier molecular flexibility index (Phi) is 11.2. The van der Waals surface area contributed by atoms with E-state index in [0.717, 1.165) is 78.3 Å². The van der Waals surface area contributed by atoms with E-state index in [1.165, 1.54) is 0 Å². The summed E-state index contributed by atoms with van der Waals surface area (Å²) in [4.78, 5) is 27.3. The molecule has 0 radical (unpaired) electrons. The number of pyridine rings is 2. The molecule has 11 aromatic rings. The summed E-state index contributed by atoms with van der Waals surface area (Å²) in [6, 6.07) is 84.0. The lowest BCUT2D eigenvalue weighted by Crippen LogP contribution is -2.11. The average molecular weight is 859 g/mol. The zero-order valence-electron chi connectivity index (χ0n) is 36.4. The minimum atomic E-state index is 0.542. The van der Waals surface area contributed by atoms with E-state index in [2.05, 4.69) is 169 Å². The minimum absolute atomic E-state index is 0.542. The molecule has 0 aliphatic heterocycles. The van der Waals surface area contributed by atoms with E-state index in [0.29, 0.717) is 28.9 Å². The Morgan fingerprint density at radius 2 is 0.612 bits per heavy atom. The van der Waals surface area contributed by atoms with Crippen LogP contribution >= 0.6 is 0 Å². The first-order valence-electron chi connectivity index (χ1n) is 22.3. The highest BCUT2D eigenvalue weighted by Crippen LogP contribution is 2.41. The van der Waals surface area contributed by atoms with Gasteiger partial charge in [0.05, 0.1) is 11.4 Å². The normalized spacial score (nSPS) is 11.0. The van der Waals surface area contributed by atoms with Crippen molar-refractivity contribution in [1.82, 2.24) is 24.9 Å². The van der Waals surface area contributed by atoms with Crippen molar-refractivity contribution in [2.45, 2.75) is 0 Å². The monoisotopic (exact) mass is 858 g/mol. The molecule has 3 aromatic heterocycles. The largest absolute Gasteiger partial charge is 0.310 e. The second-order valence-corrected chi connectivity index (χ2v) is 16.2. The molecule has 0 N–H and O–H groups in total. The van der Waals surface area contributed by atoms with Gasteiger partial charge in [-0.3, -0.25) is 9.97 Å². The van der Waals surface area contributed by atoms with Gasteiger partial charge in [0.2, 0.25) is 0 Å². The second-order valence-electron chi connectivity index (χ2n) is 16.2. The molecule has 0 aliphatic carbocycles. The Hall–Kier alpha value is -9.13. The molecular formula is C61H42N6. The molecule has 316 valence electrons. The second kappa shape index (κ2) is 18.5. The van der Waals surface area contributed by atoms with E-state index in [9.17, 15) is 0 Å². The molecule has 0 bridgehead atoms. The van der Waals surface area contributed by atoms with Gasteiger partial charge in [0.25, 0.3) is 0 Å². The van der Waals surface area contributed by atoms with Gasteiger partial charge in [0.1, 0.15) is 0 Å². The molecule has 6 nitrogen and oxygen atoms in total. The highest BCUT2D eigenvalue weighted by molar-refractivity contribution is 5.86. The van der Waals surface area contributed by atoms with Crippen LogP contribution in [-0.2, 0) is 0 Å². The predicted octanol–water partition coefficient (Wildman–Crippen LogP) is 15.5. The van der Waals surface area contributed by atoms with Crippen molar-refractivity contribution in [1.29, 1.82) is 0 Å². The number of hydrogen-bond acceptors (Lipinski definition) is 6. The van der Waals surface area contributed by atoms with E-state index in [1.54, 1.807) is 6.20 Å².